The average molecular weight is 292 g/mol. The summed E-state index contributed by atoms with van der Waals surface area (Å²) < 4.78 is 25.7. The second-order valence-corrected chi connectivity index (χ2v) is 5.94. The molecule has 1 aromatic heterocycles. The van der Waals surface area contributed by atoms with Crippen molar-refractivity contribution in [1.82, 2.24) is 4.98 Å². The summed E-state index contributed by atoms with van der Waals surface area (Å²) in [6.45, 7) is 0. The van der Waals surface area contributed by atoms with E-state index < -0.39 is 16.0 Å². The van der Waals surface area contributed by atoms with Crippen molar-refractivity contribution in [2.75, 3.05) is 11.4 Å². The van der Waals surface area contributed by atoms with E-state index in [0.29, 0.717) is 0 Å². The molecule has 0 saturated carbocycles. The van der Waals surface area contributed by atoms with Crippen LogP contribution in [-0.4, -0.2) is 31.5 Å². The van der Waals surface area contributed by atoms with Gasteiger partial charge < -0.3 is 5.11 Å². The predicted molar refractivity (Wildman–Crippen MR) is 73.2 cm³/mol. The normalized spacial score (nSPS) is 11.1. The van der Waals surface area contributed by atoms with Crippen LogP contribution in [0.3, 0.4) is 0 Å². The summed E-state index contributed by atoms with van der Waals surface area (Å²) in [4.78, 5) is 14.8. The lowest BCUT2D eigenvalue weighted by Crippen LogP contribution is -2.27. The zero-order chi connectivity index (χ0) is 14.8. The van der Waals surface area contributed by atoms with Crippen molar-refractivity contribution in [3.63, 3.8) is 0 Å². The van der Waals surface area contributed by atoms with E-state index in [-0.39, 0.29) is 16.4 Å². The van der Waals surface area contributed by atoms with Crippen LogP contribution in [0, 0.1) is 0 Å². The number of carbonyl (C=O) groups is 1. The SMILES string of the molecule is CN(c1cccc(C(=O)O)n1)S(=O)(=O)c1ccccc1. The first-order valence-electron chi connectivity index (χ1n) is 5.67. The lowest BCUT2D eigenvalue weighted by atomic mass is 10.3. The van der Waals surface area contributed by atoms with E-state index in [1.165, 1.54) is 37.4 Å². The minimum atomic E-state index is -3.76. The summed E-state index contributed by atoms with van der Waals surface area (Å²) in [5.74, 6) is -1.16. The third-order valence-electron chi connectivity index (χ3n) is 2.68. The van der Waals surface area contributed by atoms with Gasteiger partial charge in [-0.1, -0.05) is 24.3 Å². The Bertz CT molecular complexity index is 729. The highest BCUT2D eigenvalue weighted by molar-refractivity contribution is 7.92. The van der Waals surface area contributed by atoms with Gasteiger partial charge in [0.2, 0.25) is 0 Å². The maximum Gasteiger partial charge on any atom is 0.354 e. The topological polar surface area (TPSA) is 87.6 Å². The molecule has 2 aromatic rings. The van der Waals surface area contributed by atoms with Crippen LogP contribution in [-0.2, 0) is 10.0 Å². The number of hydrogen-bond acceptors (Lipinski definition) is 4. The lowest BCUT2D eigenvalue weighted by molar-refractivity contribution is 0.0690. The number of benzene rings is 1. The average Bonchev–Trinajstić information content (AvgIpc) is 2.47. The number of sulfonamides is 1. The van der Waals surface area contributed by atoms with Gasteiger partial charge >= 0.3 is 5.97 Å². The number of carboxylic acids is 1. The second kappa shape index (κ2) is 5.30. The highest BCUT2D eigenvalue weighted by Crippen LogP contribution is 2.20. The highest BCUT2D eigenvalue weighted by Gasteiger charge is 2.22. The fourth-order valence-corrected chi connectivity index (χ4v) is 2.76. The van der Waals surface area contributed by atoms with Crippen LogP contribution < -0.4 is 4.31 Å². The van der Waals surface area contributed by atoms with Crippen molar-refractivity contribution < 1.29 is 18.3 Å². The minimum Gasteiger partial charge on any atom is -0.477 e. The molecule has 0 unspecified atom stereocenters. The number of aromatic nitrogens is 1. The highest BCUT2D eigenvalue weighted by atomic mass is 32.2. The third kappa shape index (κ3) is 2.62. The summed E-state index contributed by atoms with van der Waals surface area (Å²) in [5.41, 5.74) is -0.211. The molecule has 7 heteroatoms. The molecule has 1 heterocycles. The maximum absolute atomic E-state index is 12.4. The Morgan fingerprint density at radius 3 is 2.35 bits per heavy atom. The quantitative estimate of drug-likeness (QED) is 0.925. The van der Waals surface area contributed by atoms with E-state index in [1.807, 2.05) is 0 Å². The van der Waals surface area contributed by atoms with Crippen LogP contribution >= 0.6 is 0 Å². The molecule has 0 aliphatic carbocycles. The maximum atomic E-state index is 12.4. The third-order valence-corrected chi connectivity index (χ3v) is 4.45. The van der Waals surface area contributed by atoms with Crippen molar-refractivity contribution in [3.05, 3.63) is 54.2 Å². The van der Waals surface area contributed by atoms with Gasteiger partial charge in [0.25, 0.3) is 10.0 Å². The van der Waals surface area contributed by atoms with Gasteiger partial charge in [-0.2, -0.15) is 0 Å². The van der Waals surface area contributed by atoms with Crippen LogP contribution in [0.5, 0.6) is 0 Å². The van der Waals surface area contributed by atoms with E-state index in [9.17, 15) is 13.2 Å². The van der Waals surface area contributed by atoms with Crippen molar-refractivity contribution in [1.29, 1.82) is 0 Å². The zero-order valence-electron chi connectivity index (χ0n) is 10.6. The number of hydrogen-bond donors (Lipinski definition) is 1. The Kier molecular flexibility index (Phi) is 3.71. The summed E-state index contributed by atoms with van der Waals surface area (Å²) in [6.07, 6.45) is 0. The zero-order valence-corrected chi connectivity index (χ0v) is 11.4. The monoisotopic (exact) mass is 292 g/mol. The van der Waals surface area contributed by atoms with Crippen molar-refractivity contribution >= 4 is 21.8 Å². The molecular formula is C13H12N2O4S. The first kappa shape index (κ1) is 14.0. The summed E-state index contributed by atoms with van der Waals surface area (Å²) in [7, 11) is -2.43. The van der Waals surface area contributed by atoms with Crippen LogP contribution in [0.4, 0.5) is 5.82 Å². The Morgan fingerprint density at radius 2 is 1.75 bits per heavy atom. The fraction of sp³-hybridized carbons (Fsp3) is 0.0769. The Balaban J connectivity index is 2.43. The number of carboxylic acid groups (broad SMARTS) is 1. The van der Waals surface area contributed by atoms with Gasteiger partial charge in [0.05, 0.1) is 4.90 Å². The molecule has 0 aliphatic rings. The Labute approximate surface area is 116 Å². The molecule has 0 atom stereocenters. The molecule has 0 fully saturated rings. The fourth-order valence-electron chi connectivity index (χ4n) is 1.59. The minimum absolute atomic E-state index is 0.0498. The lowest BCUT2D eigenvalue weighted by Gasteiger charge is -2.18. The van der Waals surface area contributed by atoms with Crippen LogP contribution in [0.1, 0.15) is 10.5 Å². The number of anilines is 1. The Morgan fingerprint density at radius 1 is 1.10 bits per heavy atom. The number of rotatable bonds is 4. The molecule has 20 heavy (non-hydrogen) atoms. The number of pyridine rings is 1. The molecule has 2 rings (SSSR count). The summed E-state index contributed by atoms with van der Waals surface area (Å²) in [5, 5.41) is 8.88. The van der Waals surface area contributed by atoms with E-state index in [2.05, 4.69) is 4.98 Å². The summed E-state index contributed by atoms with van der Waals surface area (Å²) >= 11 is 0. The molecular weight excluding hydrogens is 280 g/mol. The smallest absolute Gasteiger partial charge is 0.354 e. The molecule has 0 saturated heterocycles. The van der Waals surface area contributed by atoms with Crippen LogP contribution in [0.2, 0.25) is 0 Å². The van der Waals surface area contributed by atoms with E-state index in [0.717, 1.165) is 4.31 Å². The molecule has 6 nitrogen and oxygen atoms in total. The van der Waals surface area contributed by atoms with Crippen molar-refractivity contribution in [2.24, 2.45) is 0 Å². The van der Waals surface area contributed by atoms with Gasteiger partial charge in [-0.05, 0) is 24.3 Å². The number of nitrogens with zero attached hydrogens (tertiary/aromatic N) is 2. The van der Waals surface area contributed by atoms with Gasteiger partial charge in [-0.25, -0.2) is 18.2 Å². The second-order valence-electron chi connectivity index (χ2n) is 3.97. The van der Waals surface area contributed by atoms with E-state index in [1.54, 1.807) is 18.2 Å². The van der Waals surface area contributed by atoms with Crippen LogP contribution in [0.15, 0.2) is 53.4 Å². The first-order chi connectivity index (χ1) is 9.43. The number of aromatic carboxylic acids is 1. The van der Waals surface area contributed by atoms with E-state index >= 15 is 0 Å². The van der Waals surface area contributed by atoms with Gasteiger partial charge in [-0.3, -0.25) is 4.31 Å². The van der Waals surface area contributed by atoms with Gasteiger partial charge in [0.15, 0.2) is 5.69 Å². The summed E-state index contributed by atoms with van der Waals surface area (Å²) in [6, 6.07) is 12.1. The molecule has 1 N–H and O–H groups in total. The Hall–Kier alpha value is -2.41. The standard InChI is InChI=1S/C13H12N2O4S/c1-15(12-9-5-8-11(14-12)13(16)17)20(18,19)10-6-3-2-4-7-10/h2-9H,1H3,(H,16,17). The largest absolute Gasteiger partial charge is 0.477 e. The van der Waals surface area contributed by atoms with E-state index in [4.69, 9.17) is 5.11 Å². The van der Waals surface area contributed by atoms with Gasteiger partial charge in [0.1, 0.15) is 5.82 Å². The van der Waals surface area contributed by atoms with Gasteiger partial charge in [-0.15, -0.1) is 0 Å². The molecule has 0 bridgehead atoms. The molecule has 0 aliphatic heterocycles. The van der Waals surface area contributed by atoms with Crippen molar-refractivity contribution in [3.8, 4) is 0 Å². The molecule has 104 valence electrons. The molecule has 0 amide bonds. The molecule has 0 radical (unpaired) electrons. The van der Waals surface area contributed by atoms with Gasteiger partial charge in [0, 0.05) is 7.05 Å². The first-order valence-corrected chi connectivity index (χ1v) is 7.11. The van der Waals surface area contributed by atoms with Crippen LogP contribution in [0.25, 0.3) is 0 Å². The molecule has 0 spiro atoms. The predicted octanol–water partition coefficient (Wildman–Crippen LogP) is 1.60. The molecule has 1 aromatic carbocycles. The van der Waals surface area contributed by atoms with Crippen molar-refractivity contribution in [2.45, 2.75) is 4.90 Å².